The van der Waals surface area contributed by atoms with Gasteiger partial charge in [-0.3, -0.25) is 9.59 Å². The van der Waals surface area contributed by atoms with E-state index in [4.69, 9.17) is 0 Å². The van der Waals surface area contributed by atoms with Crippen molar-refractivity contribution in [2.24, 2.45) is 0 Å². The molecule has 0 bridgehead atoms. The van der Waals surface area contributed by atoms with Gasteiger partial charge in [-0.1, -0.05) is 42.7 Å². The largest absolute Gasteiger partial charge is 0.351 e. The molecular formula is C24H27N3O2S. The molecule has 1 N–H and O–H groups in total. The summed E-state index contributed by atoms with van der Waals surface area (Å²) in [7, 11) is 0. The topological polar surface area (TPSA) is 54.3 Å². The first-order valence-corrected chi connectivity index (χ1v) is 11.6. The molecule has 3 heterocycles. The molecule has 156 valence electrons. The van der Waals surface area contributed by atoms with Crippen LogP contribution in [0.1, 0.15) is 54.2 Å². The third-order valence-corrected chi connectivity index (χ3v) is 7.54. The van der Waals surface area contributed by atoms with Gasteiger partial charge in [-0.2, -0.15) is 0 Å². The fourth-order valence-electron chi connectivity index (χ4n) is 4.81. The van der Waals surface area contributed by atoms with Crippen LogP contribution in [0.5, 0.6) is 0 Å². The van der Waals surface area contributed by atoms with Crippen molar-refractivity contribution < 1.29 is 9.59 Å². The van der Waals surface area contributed by atoms with Crippen LogP contribution in [0, 0.1) is 6.92 Å². The van der Waals surface area contributed by atoms with Gasteiger partial charge >= 0.3 is 0 Å². The van der Waals surface area contributed by atoms with E-state index in [0.29, 0.717) is 18.8 Å². The van der Waals surface area contributed by atoms with Crippen molar-refractivity contribution >= 4 is 33.4 Å². The summed E-state index contributed by atoms with van der Waals surface area (Å²) in [6.07, 6.45) is 4.37. The zero-order chi connectivity index (χ0) is 20.9. The van der Waals surface area contributed by atoms with Crippen molar-refractivity contribution in [3.63, 3.8) is 0 Å². The van der Waals surface area contributed by atoms with E-state index in [0.717, 1.165) is 41.5 Å². The molecule has 0 radical (unpaired) electrons. The smallest absolute Gasteiger partial charge is 0.271 e. The van der Waals surface area contributed by atoms with Gasteiger partial charge in [0, 0.05) is 12.6 Å². The Hall–Kier alpha value is -2.60. The Morgan fingerprint density at radius 1 is 1.20 bits per heavy atom. The third kappa shape index (κ3) is 3.14. The van der Waals surface area contributed by atoms with Crippen LogP contribution in [-0.2, 0) is 17.9 Å². The molecule has 1 aliphatic heterocycles. The number of carbonyl (C=O) groups is 2. The van der Waals surface area contributed by atoms with E-state index < -0.39 is 5.54 Å². The minimum atomic E-state index is -0.939. The molecule has 5 rings (SSSR count). The summed E-state index contributed by atoms with van der Waals surface area (Å²) in [5, 5.41) is 5.29. The second-order valence-corrected chi connectivity index (χ2v) is 9.84. The lowest BCUT2D eigenvalue weighted by Gasteiger charge is -2.44. The highest BCUT2D eigenvalue weighted by Gasteiger charge is 2.48. The number of aryl methyl sites for hydroxylation is 1. The van der Waals surface area contributed by atoms with Crippen LogP contribution in [0.2, 0.25) is 0 Å². The van der Waals surface area contributed by atoms with E-state index in [2.05, 4.69) is 24.4 Å². The zero-order valence-electron chi connectivity index (χ0n) is 17.5. The number of fused-ring (bicyclic) bond motifs is 3. The van der Waals surface area contributed by atoms with Crippen LogP contribution in [0.25, 0.3) is 10.2 Å². The highest BCUT2D eigenvalue weighted by molar-refractivity contribution is 7.17. The fourth-order valence-corrected chi connectivity index (χ4v) is 5.63. The van der Waals surface area contributed by atoms with E-state index >= 15 is 0 Å². The van der Waals surface area contributed by atoms with Crippen LogP contribution in [0.3, 0.4) is 0 Å². The molecule has 1 atom stereocenters. The van der Waals surface area contributed by atoms with E-state index in [1.54, 1.807) is 16.2 Å². The maximum Gasteiger partial charge on any atom is 0.271 e. The van der Waals surface area contributed by atoms with Crippen molar-refractivity contribution in [2.45, 2.75) is 64.2 Å². The summed E-state index contributed by atoms with van der Waals surface area (Å²) in [5.74, 6) is -0.119. The normalized spacial score (nSPS) is 21.9. The van der Waals surface area contributed by atoms with Gasteiger partial charge in [-0.25, -0.2) is 0 Å². The predicted octanol–water partition coefficient (Wildman–Crippen LogP) is 4.48. The summed E-state index contributed by atoms with van der Waals surface area (Å²) >= 11 is 1.63. The summed E-state index contributed by atoms with van der Waals surface area (Å²) in [6.45, 7) is 4.87. The van der Waals surface area contributed by atoms with Gasteiger partial charge in [0.2, 0.25) is 5.91 Å². The summed E-state index contributed by atoms with van der Waals surface area (Å²) < 4.78 is 3.13. The van der Waals surface area contributed by atoms with E-state index in [-0.39, 0.29) is 17.9 Å². The molecule has 1 saturated carbocycles. The second kappa shape index (κ2) is 7.27. The van der Waals surface area contributed by atoms with Gasteiger partial charge in [-0.15, -0.1) is 11.3 Å². The molecular weight excluding hydrogens is 394 g/mol. The summed E-state index contributed by atoms with van der Waals surface area (Å²) in [5.41, 5.74) is 2.99. The lowest BCUT2D eigenvalue weighted by Crippen LogP contribution is -2.64. The minimum absolute atomic E-state index is 0.0439. The molecule has 30 heavy (non-hydrogen) atoms. The van der Waals surface area contributed by atoms with Crippen LogP contribution in [0.15, 0.2) is 41.8 Å². The maximum atomic E-state index is 13.6. The molecule has 1 unspecified atom stereocenters. The standard InChI is InChI=1S/C24H27N3O2S/c1-16-7-9-17(10-8-16)14-27-22(28)20-13-21-19(11-12-30-21)26(20)15-24(27,2)23(29)25-18-5-3-4-6-18/h7-13,18H,3-6,14-15H2,1-2H3,(H,25,29). The molecule has 2 aromatic heterocycles. The average Bonchev–Trinajstić information content (AvgIpc) is 3.45. The first kappa shape index (κ1) is 19.4. The van der Waals surface area contributed by atoms with Crippen molar-refractivity contribution in [1.29, 1.82) is 0 Å². The number of aromatic nitrogens is 1. The number of nitrogens with one attached hydrogen (secondary N) is 1. The monoisotopic (exact) mass is 421 g/mol. The number of amides is 2. The molecule has 5 nitrogen and oxygen atoms in total. The van der Waals surface area contributed by atoms with E-state index in [1.807, 2.05) is 41.1 Å². The molecule has 1 aromatic carbocycles. The number of thiophene rings is 1. The van der Waals surface area contributed by atoms with Crippen molar-refractivity contribution in [3.05, 3.63) is 58.6 Å². The first-order valence-electron chi connectivity index (χ1n) is 10.7. The Kier molecular flexibility index (Phi) is 4.69. The number of rotatable bonds is 4. The summed E-state index contributed by atoms with van der Waals surface area (Å²) in [4.78, 5) is 29.0. The molecule has 6 heteroatoms. The highest BCUT2D eigenvalue weighted by Crippen LogP contribution is 2.35. The fraction of sp³-hybridized carbons (Fsp3) is 0.417. The Morgan fingerprint density at radius 3 is 2.67 bits per heavy atom. The van der Waals surface area contributed by atoms with Gasteiger partial charge < -0.3 is 14.8 Å². The van der Waals surface area contributed by atoms with Crippen LogP contribution >= 0.6 is 11.3 Å². The van der Waals surface area contributed by atoms with Crippen LogP contribution in [-0.4, -0.2) is 32.9 Å². The van der Waals surface area contributed by atoms with Crippen LogP contribution in [0.4, 0.5) is 0 Å². The average molecular weight is 422 g/mol. The number of nitrogens with zero attached hydrogens (tertiary/aromatic N) is 2. The van der Waals surface area contributed by atoms with Crippen molar-refractivity contribution in [3.8, 4) is 0 Å². The SMILES string of the molecule is Cc1ccc(CN2C(=O)c3cc4sccc4n3CC2(C)C(=O)NC2CCCC2)cc1. The van der Waals surface area contributed by atoms with Crippen LogP contribution < -0.4 is 5.32 Å². The van der Waals surface area contributed by atoms with Gasteiger partial charge in [0.05, 0.1) is 16.8 Å². The number of hydrogen-bond acceptors (Lipinski definition) is 3. The lowest BCUT2D eigenvalue weighted by molar-refractivity contribution is -0.133. The molecule has 0 spiro atoms. The Balaban J connectivity index is 1.54. The molecule has 1 fully saturated rings. The lowest BCUT2D eigenvalue weighted by atomic mass is 9.93. The Morgan fingerprint density at radius 2 is 1.93 bits per heavy atom. The summed E-state index contributed by atoms with van der Waals surface area (Å²) in [6, 6.07) is 12.4. The van der Waals surface area contributed by atoms with Gasteiger partial charge in [0.25, 0.3) is 5.91 Å². The quantitative estimate of drug-likeness (QED) is 0.675. The third-order valence-electron chi connectivity index (χ3n) is 6.69. The molecule has 2 amide bonds. The maximum absolute atomic E-state index is 13.6. The number of benzene rings is 1. The molecule has 1 aliphatic carbocycles. The molecule has 3 aromatic rings. The second-order valence-electron chi connectivity index (χ2n) is 8.89. The Bertz CT molecular complexity index is 1110. The van der Waals surface area contributed by atoms with E-state index in [9.17, 15) is 9.59 Å². The minimum Gasteiger partial charge on any atom is -0.351 e. The van der Waals surface area contributed by atoms with Crippen molar-refractivity contribution in [2.75, 3.05) is 0 Å². The highest BCUT2D eigenvalue weighted by atomic mass is 32.1. The van der Waals surface area contributed by atoms with Crippen molar-refractivity contribution in [1.82, 2.24) is 14.8 Å². The van der Waals surface area contributed by atoms with Gasteiger partial charge in [0.15, 0.2) is 0 Å². The molecule has 0 saturated heterocycles. The van der Waals surface area contributed by atoms with E-state index in [1.165, 1.54) is 5.56 Å². The predicted molar refractivity (Wildman–Crippen MR) is 120 cm³/mol. The first-order chi connectivity index (χ1) is 14.5. The Labute approximate surface area is 180 Å². The number of hydrogen-bond donors (Lipinski definition) is 1. The zero-order valence-corrected chi connectivity index (χ0v) is 18.3. The number of carbonyl (C=O) groups excluding carboxylic acids is 2. The van der Waals surface area contributed by atoms with Gasteiger partial charge in [0.1, 0.15) is 11.2 Å². The van der Waals surface area contributed by atoms with Gasteiger partial charge in [-0.05, 0) is 49.8 Å². The molecule has 2 aliphatic rings.